The summed E-state index contributed by atoms with van der Waals surface area (Å²) in [6, 6.07) is 12.7. The maximum absolute atomic E-state index is 12.5. The van der Waals surface area contributed by atoms with Crippen molar-refractivity contribution >= 4 is 22.5 Å². The fourth-order valence-electron chi connectivity index (χ4n) is 2.19. The summed E-state index contributed by atoms with van der Waals surface area (Å²) in [5.41, 5.74) is 1.48. The third kappa shape index (κ3) is 4.89. The first-order valence-electron chi connectivity index (χ1n) is 7.26. The highest BCUT2D eigenvalue weighted by Gasteiger charge is 2.17. The van der Waals surface area contributed by atoms with Crippen molar-refractivity contribution < 1.29 is 9.00 Å². The molecule has 0 aliphatic rings. The smallest absolute Gasteiger partial charge is 0.251 e. The van der Waals surface area contributed by atoms with Gasteiger partial charge in [-0.05, 0) is 17.7 Å². The van der Waals surface area contributed by atoms with Crippen LogP contribution in [0.15, 0.2) is 48.7 Å². The van der Waals surface area contributed by atoms with Crippen molar-refractivity contribution in [2.75, 3.05) is 31.0 Å². The van der Waals surface area contributed by atoms with E-state index in [0.717, 1.165) is 5.56 Å². The Morgan fingerprint density at radius 2 is 1.96 bits per heavy atom. The second-order valence-electron chi connectivity index (χ2n) is 5.47. The lowest BCUT2D eigenvalue weighted by atomic mass is 10.1. The van der Waals surface area contributed by atoms with E-state index in [1.54, 1.807) is 24.6 Å². The van der Waals surface area contributed by atoms with Crippen molar-refractivity contribution in [1.29, 1.82) is 0 Å². The number of carbonyl (C=O) groups excluding carboxylic acids is 1. The molecule has 6 heteroatoms. The van der Waals surface area contributed by atoms with E-state index in [1.165, 1.54) is 0 Å². The number of nitrogens with one attached hydrogen (secondary N) is 1. The van der Waals surface area contributed by atoms with Crippen LogP contribution in [-0.2, 0) is 10.8 Å². The van der Waals surface area contributed by atoms with Crippen LogP contribution < -0.4 is 10.2 Å². The summed E-state index contributed by atoms with van der Waals surface area (Å²) in [7, 11) is 2.73. The molecule has 1 heterocycles. The molecule has 0 spiro atoms. The third-order valence-electron chi connectivity index (χ3n) is 3.37. The van der Waals surface area contributed by atoms with Gasteiger partial charge in [0.25, 0.3) is 5.91 Å². The lowest BCUT2D eigenvalue weighted by Gasteiger charge is -2.19. The van der Waals surface area contributed by atoms with Crippen LogP contribution in [0.1, 0.15) is 22.0 Å². The Bertz CT molecular complexity index is 689. The van der Waals surface area contributed by atoms with Crippen LogP contribution in [0.2, 0.25) is 0 Å². The van der Waals surface area contributed by atoms with Gasteiger partial charge < -0.3 is 10.2 Å². The third-order valence-corrected chi connectivity index (χ3v) is 4.18. The van der Waals surface area contributed by atoms with E-state index in [9.17, 15) is 9.00 Å². The summed E-state index contributed by atoms with van der Waals surface area (Å²) >= 11 is 0. The molecule has 1 N–H and O–H groups in total. The molecule has 2 aromatic rings. The largest absolute Gasteiger partial charge is 0.363 e. The molecule has 0 bridgehead atoms. The number of hydrogen-bond acceptors (Lipinski definition) is 4. The van der Waals surface area contributed by atoms with E-state index < -0.39 is 10.8 Å². The molecule has 23 heavy (non-hydrogen) atoms. The van der Waals surface area contributed by atoms with Crippen molar-refractivity contribution in [3.63, 3.8) is 0 Å². The van der Waals surface area contributed by atoms with Crippen molar-refractivity contribution in [3.05, 3.63) is 59.8 Å². The Morgan fingerprint density at radius 3 is 2.57 bits per heavy atom. The molecule has 0 radical (unpaired) electrons. The zero-order valence-corrected chi connectivity index (χ0v) is 14.3. The van der Waals surface area contributed by atoms with E-state index in [2.05, 4.69) is 10.3 Å². The predicted octanol–water partition coefficient (Wildman–Crippen LogP) is 2.00. The van der Waals surface area contributed by atoms with Gasteiger partial charge in [-0.1, -0.05) is 30.3 Å². The summed E-state index contributed by atoms with van der Waals surface area (Å²) in [6.45, 7) is 0. The lowest BCUT2D eigenvalue weighted by molar-refractivity contribution is 0.0940. The van der Waals surface area contributed by atoms with Gasteiger partial charge in [0, 0.05) is 48.7 Å². The number of pyridine rings is 1. The first kappa shape index (κ1) is 17.1. The molecule has 1 aromatic carbocycles. The Kier molecular flexibility index (Phi) is 5.87. The Labute approximate surface area is 139 Å². The number of nitrogens with zero attached hydrogens (tertiary/aromatic N) is 2. The molecule has 2 atom stereocenters. The fraction of sp³-hybridized carbons (Fsp3) is 0.294. The van der Waals surface area contributed by atoms with Crippen LogP contribution in [0, 0.1) is 0 Å². The van der Waals surface area contributed by atoms with Gasteiger partial charge in [0.1, 0.15) is 5.82 Å². The zero-order valence-electron chi connectivity index (χ0n) is 13.5. The molecule has 0 saturated carbocycles. The maximum atomic E-state index is 12.5. The minimum Gasteiger partial charge on any atom is -0.363 e. The molecule has 1 amide bonds. The first-order valence-corrected chi connectivity index (χ1v) is 8.99. The van der Waals surface area contributed by atoms with Gasteiger partial charge in [-0.2, -0.15) is 0 Å². The normalized spacial score (nSPS) is 13.2. The molecular weight excluding hydrogens is 310 g/mol. The van der Waals surface area contributed by atoms with Crippen LogP contribution in [-0.4, -0.2) is 41.2 Å². The number of amides is 1. The van der Waals surface area contributed by atoms with E-state index >= 15 is 0 Å². The second-order valence-corrected chi connectivity index (χ2v) is 6.95. The predicted molar refractivity (Wildman–Crippen MR) is 94.1 cm³/mol. The van der Waals surface area contributed by atoms with Crippen LogP contribution in [0.3, 0.4) is 0 Å². The van der Waals surface area contributed by atoms with Gasteiger partial charge in [0.15, 0.2) is 0 Å². The van der Waals surface area contributed by atoms with Crippen LogP contribution in [0.25, 0.3) is 0 Å². The van der Waals surface area contributed by atoms with Crippen molar-refractivity contribution in [3.8, 4) is 0 Å². The first-order chi connectivity index (χ1) is 11.0. The molecule has 122 valence electrons. The van der Waals surface area contributed by atoms with Gasteiger partial charge in [0.2, 0.25) is 0 Å². The highest BCUT2D eigenvalue weighted by molar-refractivity contribution is 7.84. The average Bonchev–Trinajstić information content (AvgIpc) is 2.54. The standard InChI is InChI=1S/C17H21N3O2S/c1-20(2)16-11-14(9-10-18-16)17(21)19-15(12-23(3)22)13-7-5-4-6-8-13/h4-11,15H,12H2,1-3H3,(H,19,21). The minimum atomic E-state index is -1.02. The second kappa shape index (κ2) is 7.87. The number of benzene rings is 1. The van der Waals surface area contributed by atoms with Gasteiger partial charge in [0.05, 0.1) is 6.04 Å². The minimum absolute atomic E-state index is 0.199. The Hall–Kier alpha value is -2.21. The van der Waals surface area contributed by atoms with Crippen molar-refractivity contribution in [2.45, 2.75) is 6.04 Å². The molecule has 0 fully saturated rings. The van der Waals surface area contributed by atoms with E-state index in [1.807, 2.05) is 49.3 Å². The highest BCUT2D eigenvalue weighted by atomic mass is 32.2. The number of anilines is 1. The van der Waals surface area contributed by atoms with Gasteiger partial charge in [-0.25, -0.2) is 4.98 Å². The van der Waals surface area contributed by atoms with Crippen molar-refractivity contribution in [1.82, 2.24) is 10.3 Å². The maximum Gasteiger partial charge on any atom is 0.251 e. The summed E-state index contributed by atoms with van der Waals surface area (Å²) in [5, 5.41) is 2.97. The summed E-state index contributed by atoms with van der Waals surface area (Å²) in [4.78, 5) is 18.6. The summed E-state index contributed by atoms with van der Waals surface area (Å²) in [5.74, 6) is 0.893. The van der Waals surface area contributed by atoms with E-state index in [-0.39, 0.29) is 11.9 Å². The lowest BCUT2D eigenvalue weighted by Crippen LogP contribution is -2.32. The molecular formula is C17H21N3O2S. The van der Waals surface area contributed by atoms with Gasteiger partial charge in [-0.3, -0.25) is 9.00 Å². The highest BCUT2D eigenvalue weighted by Crippen LogP contribution is 2.16. The zero-order chi connectivity index (χ0) is 16.8. The van der Waals surface area contributed by atoms with Crippen LogP contribution in [0.4, 0.5) is 5.82 Å². The summed E-state index contributed by atoms with van der Waals surface area (Å²) in [6.07, 6.45) is 3.25. The average molecular weight is 331 g/mol. The Morgan fingerprint density at radius 1 is 1.26 bits per heavy atom. The van der Waals surface area contributed by atoms with Crippen molar-refractivity contribution in [2.24, 2.45) is 0 Å². The summed E-state index contributed by atoms with van der Waals surface area (Å²) < 4.78 is 11.6. The molecule has 2 rings (SSSR count). The molecule has 0 saturated heterocycles. The number of aromatic nitrogens is 1. The molecule has 2 unspecified atom stereocenters. The van der Waals surface area contributed by atoms with Crippen LogP contribution in [0.5, 0.6) is 0 Å². The SMILES string of the molecule is CN(C)c1cc(C(=O)NC(CS(C)=O)c2ccccc2)ccn1. The Balaban J connectivity index is 2.20. The topological polar surface area (TPSA) is 62.3 Å². The molecule has 5 nitrogen and oxygen atoms in total. The number of hydrogen-bond donors (Lipinski definition) is 1. The van der Waals surface area contributed by atoms with Gasteiger partial charge >= 0.3 is 0 Å². The number of rotatable bonds is 6. The van der Waals surface area contributed by atoms with Crippen LogP contribution >= 0.6 is 0 Å². The molecule has 1 aromatic heterocycles. The monoisotopic (exact) mass is 331 g/mol. The van der Waals surface area contributed by atoms with E-state index in [0.29, 0.717) is 17.1 Å². The molecule has 0 aliphatic carbocycles. The fourth-order valence-corrected chi connectivity index (χ4v) is 2.93. The molecule has 0 aliphatic heterocycles. The van der Waals surface area contributed by atoms with Gasteiger partial charge in [-0.15, -0.1) is 0 Å². The quantitative estimate of drug-likeness (QED) is 0.879. The number of carbonyl (C=O) groups is 1. The van der Waals surface area contributed by atoms with E-state index in [4.69, 9.17) is 0 Å².